The number of imidazole rings is 1. The van der Waals surface area contributed by atoms with Gasteiger partial charge in [0, 0.05) is 19.7 Å². The van der Waals surface area contributed by atoms with E-state index in [2.05, 4.69) is 9.97 Å². The Morgan fingerprint density at radius 2 is 2.18 bits per heavy atom. The van der Waals surface area contributed by atoms with E-state index in [1.165, 1.54) is 17.0 Å². The molecule has 0 aliphatic heterocycles. The molecular weight excluding hydrogens is 235 g/mol. The average molecular weight is 245 g/mol. The van der Waals surface area contributed by atoms with Gasteiger partial charge in [-0.05, 0) is 6.07 Å². The third kappa shape index (κ3) is 2.23. The van der Waals surface area contributed by atoms with Crippen molar-refractivity contribution >= 4 is 11.0 Å². The van der Waals surface area contributed by atoms with Crippen LogP contribution in [0.2, 0.25) is 0 Å². The smallest absolute Gasteiger partial charge is 0.383 e. The fraction of sp³-hybridized carbons (Fsp3) is 0.400. The second kappa shape index (κ2) is 3.99. The van der Waals surface area contributed by atoms with E-state index in [1.54, 1.807) is 13.1 Å². The molecule has 92 valence electrons. The first kappa shape index (κ1) is 11.8. The fourth-order valence-electron chi connectivity index (χ4n) is 1.56. The number of aliphatic hydroxyl groups is 1. The molecule has 1 N–H and O–H groups in total. The molecule has 0 amide bonds. The van der Waals surface area contributed by atoms with Crippen LogP contribution in [-0.2, 0) is 13.5 Å². The predicted octanol–water partition coefficient (Wildman–Crippen LogP) is 1.43. The number of hydrogen-bond donors (Lipinski definition) is 1. The van der Waals surface area contributed by atoms with Crippen LogP contribution in [0, 0.1) is 0 Å². The van der Waals surface area contributed by atoms with Gasteiger partial charge in [0.2, 0.25) is 0 Å². The molecule has 0 radical (unpaired) electrons. The maximum absolute atomic E-state index is 12.2. The van der Waals surface area contributed by atoms with Crippen molar-refractivity contribution < 1.29 is 18.3 Å². The lowest BCUT2D eigenvalue weighted by atomic mass is 10.2. The van der Waals surface area contributed by atoms with Crippen molar-refractivity contribution in [2.24, 2.45) is 7.05 Å². The summed E-state index contributed by atoms with van der Waals surface area (Å²) < 4.78 is 38.2. The highest BCUT2D eigenvalue weighted by atomic mass is 19.4. The number of hydrogen-bond acceptors (Lipinski definition) is 3. The van der Waals surface area contributed by atoms with Crippen LogP contribution < -0.4 is 0 Å². The van der Waals surface area contributed by atoms with E-state index in [0.29, 0.717) is 11.0 Å². The molecule has 2 aromatic heterocycles. The van der Waals surface area contributed by atoms with E-state index < -0.39 is 18.7 Å². The fourth-order valence-corrected chi connectivity index (χ4v) is 1.56. The van der Waals surface area contributed by atoms with Crippen molar-refractivity contribution in [2.75, 3.05) is 0 Å². The van der Waals surface area contributed by atoms with E-state index in [9.17, 15) is 13.2 Å². The molecule has 4 nitrogen and oxygen atoms in total. The summed E-state index contributed by atoms with van der Waals surface area (Å²) in [5.41, 5.74) is 1.20. The Kier molecular flexibility index (Phi) is 2.78. The van der Waals surface area contributed by atoms with E-state index in [-0.39, 0.29) is 5.82 Å². The molecule has 0 aliphatic carbocycles. The molecule has 7 heteroatoms. The summed E-state index contributed by atoms with van der Waals surface area (Å²) in [5, 5.41) is 8.99. The number of fused-ring (bicyclic) bond motifs is 1. The van der Waals surface area contributed by atoms with E-state index in [4.69, 9.17) is 5.11 Å². The zero-order chi connectivity index (χ0) is 12.6. The highest BCUT2D eigenvalue weighted by molar-refractivity contribution is 5.74. The summed E-state index contributed by atoms with van der Waals surface area (Å²) in [6, 6.07) is 1.61. The SMILES string of the molecule is Cn1c(CC(O)C(F)(F)F)nc2ccncc21. The predicted molar refractivity (Wildman–Crippen MR) is 54.3 cm³/mol. The van der Waals surface area contributed by atoms with Crippen LogP contribution in [0.25, 0.3) is 11.0 Å². The summed E-state index contributed by atoms with van der Waals surface area (Å²) >= 11 is 0. The first-order valence-electron chi connectivity index (χ1n) is 4.89. The minimum Gasteiger partial charge on any atom is -0.383 e. The van der Waals surface area contributed by atoms with Gasteiger partial charge in [0.1, 0.15) is 5.82 Å². The van der Waals surface area contributed by atoms with Crippen molar-refractivity contribution in [3.05, 3.63) is 24.3 Å². The standard InChI is InChI=1S/C10H10F3N3O/c1-16-7-5-14-3-2-6(7)15-9(16)4-8(17)10(11,12)13/h2-3,5,8,17H,4H2,1H3. The maximum Gasteiger partial charge on any atom is 0.414 e. The van der Waals surface area contributed by atoms with Crippen LogP contribution in [0.4, 0.5) is 13.2 Å². The second-order valence-corrected chi connectivity index (χ2v) is 3.71. The highest BCUT2D eigenvalue weighted by Crippen LogP contribution is 2.23. The molecule has 17 heavy (non-hydrogen) atoms. The Hall–Kier alpha value is -1.63. The average Bonchev–Trinajstić information content (AvgIpc) is 2.55. The Labute approximate surface area is 94.7 Å². The van der Waals surface area contributed by atoms with Crippen molar-refractivity contribution in [1.82, 2.24) is 14.5 Å². The molecule has 2 rings (SSSR count). The Morgan fingerprint density at radius 3 is 2.76 bits per heavy atom. The number of pyridine rings is 1. The van der Waals surface area contributed by atoms with Gasteiger partial charge in [0.25, 0.3) is 0 Å². The summed E-state index contributed by atoms with van der Waals surface area (Å²) in [6.07, 6.45) is -4.55. The van der Waals surface area contributed by atoms with Gasteiger partial charge in [0.05, 0.1) is 17.2 Å². The van der Waals surface area contributed by atoms with Gasteiger partial charge in [-0.3, -0.25) is 4.98 Å². The van der Waals surface area contributed by atoms with E-state index in [0.717, 1.165) is 0 Å². The number of aromatic nitrogens is 3. The number of aliphatic hydroxyl groups excluding tert-OH is 1. The molecule has 0 saturated heterocycles. The van der Waals surface area contributed by atoms with Crippen LogP contribution in [0.1, 0.15) is 5.82 Å². The maximum atomic E-state index is 12.2. The molecule has 2 aromatic rings. The van der Waals surface area contributed by atoms with Gasteiger partial charge >= 0.3 is 6.18 Å². The highest BCUT2D eigenvalue weighted by Gasteiger charge is 2.38. The van der Waals surface area contributed by atoms with Crippen molar-refractivity contribution in [3.63, 3.8) is 0 Å². The minimum absolute atomic E-state index is 0.179. The van der Waals surface area contributed by atoms with Crippen LogP contribution in [0.5, 0.6) is 0 Å². The lowest BCUT2D eigenvalue weighted by Crippen LogP contribution is -2.31. The molecule has 0 bridgehead atoms. The van der Waals surface area contributed by atoms with E-state index in [1.807, 2.05) is 0 Å². The lowest BCUT2D eigenvalue weighted by Gasteiger charge is -2.13. The molecule has 1 unspecified atom stereocenters. The zero-order valence-corrected chi connectivity index (χ0v) is 8.94. The topological polar surface area (TPSA) is 50.9 Å². The van der Waals surface area contributed by atoms with Gasteiger partial charge in [-0.25, -0.2) is 4.98 Å². The molecular formula is C10H10F3N3O. The van der Waals surface area contributed by atoms with Crippen molar-refractivity contribution in [3.8, 4) is 0 Å². The number of halogens is 3. The van der Waals surface area contributed by atoms with Gasteiger partial charge in [-0.15, -0.1) is 0 Å². The van der Waals surface area contributed by atoms with Crippen LogP contribution >= 0.6 is 0 Å². The molecule has 0 saturated carbocycles. The summed E-state index contributed by atoms with van der Waals surface area (Å²) in [6.45, 7) is 0. The minimum atomic E-state index is -4.63. The first-order chi connectivity index (χ1) is 7.89. The van der Waals surface area contributed by atoms with E-state index >= 15 is 0 Å². The van der Waals surface area contributed by atoms with Crippen LogP contribution in [0.3, 0.4) is 0 Å². The summed E-state index contributed by atoms with van der Waals surface area (Å²) in [5.74, 6) is 0.179. The third-order valence-electron chi connectivity index (χ3n) is 2.53. The van der Waals surface area contributed by atoms with Gasteiger partial charge in [0.15, 0.2) is 6.10 Å². The van der Waals surface area contributed by atoms with Crippen LogP contribution in [0.15, 0.2) is 18.5 Å². The van der Waals surface area contributed by atoms with Crippen LogP contribution in [-0.4, -0.2) is 31.9 Å². The number of alkyl halides is 3. The number of rotatable bonds is 2. The quantitative estimate of drug-likeness (QED) is 0.870. The summed E-state index contributed by atoms with van der Waals surface area (Å²) in [7, 11) is 1.59. The van der Waals surface area contributed by atoms with Crippen molar-refractivity contribution in [2.45, 2.75) is 18.7 Å². The largest absolute Gasteiger partial charge is 0.414 e. The van der Waals surface area contributed by atoms with Gasteiger partial charge in [-0.2, -0.15) is 13.2 Å². The molecule has 1 atom stereocenters. The molecule has 0 spiro atoms. The molecule has 0 aliphatic rings. The van der Waals surface area contributed by atoms with Crippen molar-refractivity contribution in [1.29, 1.82) is 0 Å². The molecule has 2 heterocycles. The first-order valence-corrected chi connectivity index (χ1v) is 4.89. The zero-order valence-electron chi connectivity index (χ0n) is 8.94. The Bertz CT molecular complexity index is 535. The van der Waals surface area contributed by atoms with Gasteiger partial charge in [-0.1, -0.05) is 0 Å². The molecule has 0 fully saturated rings. The van der Waals surface area contributed by atoms with Gasteiger partial charge < -0.3 is 9.67 Å². The second-order valence-electron chi connectivity index (χ2n) is 3.71. The lowest BCUT2D eigenvalue weighted by molar-refractivity contribution is -0.203. The monoisotopic (exact) mass is 245 g/mol. The Balaban J connectivity index is 2.34. The number of aryl methyl sites for hydroxylation is 1. The summed E-state index contributed by atoms with van der Waals surface area (Å²) in [4.78, 5) is 7.90. The molecule has 0 aromatic carbocycles. The Morgan fingerprint density at radius 1 is 1.47 bits per heavy atom. The normalized spacial score (nSPS) is 14.2. The third-order valence-corrected chi connectivity index (χ3v) is 2.53. The number of nitrogens with zero attached hydrogens (tertiary/aromatic N) is 3.